The molecule has 2 saturated heterocycles. The minimum atomic E-state index is -0.0524. The van der Waals surface area contributed by atoms with E-state index in [1.165, 1.54) is 16.9 Å². The standard InChI is InChI=1S/C19H23N5O2S2/c25-15(9-5-4-8-14-17-13(11-27-14)20-18(26)22-17)21-19-24-23-16(28-19)10-12-6-2-1-3-7-12/h1-3,6-7,13-14,17H,4-5,8-11H2,(H2,20,22,26)(H,21,24,25)/t13-,14-,17+/m0/s1. The van der Waals surface area contributed by atoms with Crippen molar-refractivity contribution >= 4 is 40.2 Å². The van der Waals surface area contributed by atoms with Crippen LogP contribution in [0.3, 0.4) is 0 Å². The number of rotatable bonds is 8. The number of benzene rings is 1. The number of aromatic nitrogens is 2. The van der Waals surface area contributed by atoms with Gasteiger partial charge >= 0.3 is 6.03 Å². The smallest absolute Gasteiger partial charge is 0.315 e. The predicted octanol–water partition coefficient (Wildman–Crippen LogP) is 2.79. The molecule has 4 rings (SSSR count). The average molecular weight is 418 g/mol. The highest BCUT2D eigenvalue weighted by Crippen LogP contribution is 2.33. The molecule has 28 heavy (non-hydrogen) atoms. The number of fused-ring (bicyclic) bond motifs is 1. The van der Waals surface area contributed by atoms with Crippen molar-refractivity contribution in [2.75, 3.05) is 11.1 Å². The molecule has 3 heterocycles. The maximum absolute atomic E-state index is 12.2. The van der Waals surface area contributed by atoms with E-state index in [0.717, 1.165) is 36.4 Å². The van der Waals surface area contributed by atoms with E-state index in [2.05, 4.69) is 38.3 Å². The zero-order chi connectivity index (χ0) is 19.3. The third-order valence-electron chi connectivity index (χ3n) is 4.99. The first-order valence-electron chi connectivity index (χ1n) is 9.52. The van der Waals surface area contributed by atoms with E-state index >= 15 is 0 Å². The van der Waals surface area contributed by atoms with Crippen molar-refractivity contribution in [2.24, 2.45) is 0 Å². The van der Waals surface area contributed by atoms with Gasteiger partial charge in [0.25, 0.3) is 0 Å². The van der Waals surface area contributed by atoms with Gasteiger partial charge in [-0.05, 0) is 18.4 Å². The molecule has 9 heteroatoms. The second-order valence-corrected chi connectivity index (χ2v) is 9.41. The molecule has 2 fully saturated rings. The summed E-state index contributed by atoms with van der Waals surface area (Å²) in [5, 5.41) is 18.9. The third kappa shape index (κ3) is 4.82. The molecule has 3 amide bonds. The van der Waals surface area contributed by atoms with Crippen molar-refractivity contribution in [1.82, 2.24) is 20.8 Å². The number of urea groups is 1. The Morgan fingerprint density at radius 2 is 2.04 bits per heavy atom. The molecule has 2 aliphatic rings. The summed E-state index contributed by atoms with van der Waals surface area (Å²) in [4.78, 5) is 23.6. The first kappa shape index (κ1) is 19.2. The molecule has 0 aliphatic carbocycles. The monoisotopic (exact) mass is 417 g/mol. The molecule has 3 atom stereocenters. The Hall–Kier alpha value is -2.13. The van der Waals surface area contributed by atoms with Crippen LogP contribution in [-0.4, -0.2) is 45.2 Å². The molecule has 0 unspecified atom stereocenters. The minimum Gasteiger partial charge on any atom is -0.332 e. The van der Waals surface area contributed by atoms with E-state index in [1.807, 2.05) is 30.0 Å². The van der Waals surface area contributed by atoms with Gasteiger partial charge < -0.3 is 16.0 Å². The van der Waals surface area contributed by atoms with Crippen LogP contribution in [0.4, 0.5) is 9.93 Å². The highest BCUT2D eigenvalue weighted by Gasteiger charge is 2.42. The van der Waals surface area contributed by atoms with Crippen LogP contribution in [0.2, 0.25) is 0 Å². The van der Waals surface area contributed by atoms with Crippen LogP contribution < -0.4 is 16.0 Å². The zero-order valence-corrected chi connectivity index (χ0v) is 17.0. The lowest BCUT2D eigenvalue weighted by molar-refractivity contribution is -0.116. The quantitative estimate of drug-likeness (QED) is 0.453. The summed E-state index contributed by atoms with van der Waals surface area (Å²) in [5.41, 5.74) is 1.18. The first-order chi connectivity index (χ1) is 13.7. The molecule has 3 N–H and O–H groups in total. The minimum absolute atomic E-state index is 0.0183. The van der Waals surface area contributed by atoms with Crippen molar-refractivity contribution in [3.8, 4) is 0 Å². The van der Waals surface area contributed by atoms with Crippen molar-refractivity contribution in [2.45, 2.75) is 49.4 Å². The molecule has 2 aliphatic heterocycles. The molecule has 148 valence electrons. The Bertz CT molecular complexity index is 829. The van der Waals surface area contributed by atoms with Gasteiger partial charge in [0.05, 0.1) is 12.1 Å². The number of nitrogens with one attached hydrogen (secondary N) is 3. The number of anilines is 1. The molecular formula is C19H23N5O2S2. The summed E-state index contributed by atoms with van der Waals surface area (Å²) in [7, 11) is 0. The fourth-order valence-corrected chi connectivity index (χ4v) is 5.94. The second-order valence-electron chi connectivity index (χ2n) is 7.08. The summed E-state index contributed by atoms with van der Waals surface area (Å²) in [6.45, 7) is 0. The van der Waals surface area contributed by atoms with Gasteiger partial charge in [-0.3, -0.25) is 4.79 Å². The summed E-state index contributed by atoms with van der Waals surface area (Å²) in [6, 6.07) is 10.5. The molecule has 1 aromatic carbocycles. The predicted molar refractivity (Wildman–Crippen MR) is 112 cm³/mol. The topological polar surface area (TPSA) is 96.0 Å². The van der Waals surface area contributed by atoms with Gasteiger partial charge in [0, 0.05) is 23.8 Å². The van der Waals surface area contributed by atoms with Gasteiger partial charge in [-0.25, -0.2) is 4.79 Å². The van der Waals surface area contributed by atoms with Crippen molar-refractivity contribution in [3.63, 3.8) is 0 Å². The van der Waals surface area contributed by atoms with Gasteiger partial charge in [0.2, 0.25) is 11.0 Å². The Morgan fingerprint density at radius 3 is 2.89 bits per heavy atom. The van der Waals surface area contributed by atoms with E-state index in [1.54, 1.807) is 0 Å². The Kier molecular flexibility index (Phi) is 6.11. The SMILES string of the molecule is O=C(CCCC[C@@H]1SC[C@@H]2NC(=O)N[C@H]21)Nc1nnc(Cc2ccccc2)s1. The fourth-order valence-electron chi connectivity index (χ4n) is 3.60. The maximum Gasteiger partial charge on any atom is 0.315 e. The number of hydrogen-bond donors (Lipinski definition) is 3. The zero-order valence-electron chi connectivity index (χ0n) is 15.4. The van der Waals surface area contributed by atoms with Gasteiger partial charge in [-0.2, -0.15) is 11.8 Å². The summed E-state index contributed by atoms with van der Waals surface area (Å²) >= 11 is 3.33. The Labute approximate surface area is 172 Å². The highest BCUT2D eigenvalue weighted by molar-refractivity contribution is 8.00. The molecule has 0 bridgehead atoms. The van der Waals surface area contributed by atoms with E-state index in [0.29, 0.717) is 16.8 Å². The lowest BCUT2D eigenvalue weighted by atomic mass is 10.0. The second kappa shape index (κ2) is 8.91. The molecule has 7 nitrogen and oxygen atoms in total. The van der Waals surface area contributed by atoms with Crippen LogP contribution in [0.25, 0.3) is 0 Å². The molecule has 0 radical (unpaired) electrons. The molecular weight excluding hydrogens is 394 g/mol. The number of hydrogen-bond acceptors (Lipinski definition) is 6. The van der Waals surface area contributed by atoms with Crippen LogP contribution >= 0.6 is 23.1 Å². The van der Waals surface area contributed by atoms with E-state index in [9.17, 15) is 9.59 Å². The Balaban J connectivity index is 1.16. The van der Waals surface area contributed by atoms with Gasteiger partial charge in [0.1, 0.15) is 5.01 Å². The van der Waals surface area contributed by atoms with E-state index in [4.69, 9.17) is 0 Å². The van der Waals surface area contributed by atoms with Crippen LogP contribution in [0.15, 0.2) is 30.3 Å². The Morgan fingerprint density at radius 1 is 1.18 bits per heavy atom. The fraction of sp³-hybridized carbons (Fsp3) is 0.474. The highest BCUT2D eigenvalue weighted by atomic mass is 32.2. The largest absolute Gasteiger partial charge is 0.332 e. The number of thioether (sulfide) groups is 1. The summed E-state index contributed by atoms with van der Waals surface area (Å²) in [5.74, 6) is 0.951. The van der Waals surface area contributed by atoms with Crippen LogP contribution in [0.5, 0.6) is 0 Å². The lowest BCUT2D eigenvalue weighted by Gasteiger charge is -2.16. The number of carbonyl (C=O) groups is 2. The number of nitrogens with zero attached hydrogens (tertiary/aromatic N) is 2. The number of carbonyl (C=O) groups excluding carboxylic acids is 2. The maximum atomic E-state index is 12.2. The first-order valence-corrected chi connectivity index (χ1v) is 11.4. The molecule has 0 spiro atoms. The molecule has 1 aromatic heterocycles. The molecule has 2 aromatic rings. The lowest BCUT2D eigenvalue weighted by Crippen LogP contribution is -2.36. The van der Waals surface area contributed by atoms with Crippen LogP contribution in [0.1, 0.15) is 36.3 Å². The third-order valence-corrected chi connectivity index (χ3v) is 7.34. The van der Waals surface area contributed by atoms with Gasteiger partial charge in [-0.1, -0.05) is 48.1 Å². The average Bonchev–Trinajstić information content (AvgIpc) is 3.36. The number of unbranched alkanes of at least 4 members (excludes halogenated alkanes) is 1. The number of amides is 3. The molecule has 0 saturated carbocycles. The van der Waals surface area contributed by atoms with Gasteiger partial charge in [-0.15, -0.1) is 10.2 Å². The normalized spacial score (nSPS) is 23.1. The van der Waals surface area contributed by atoms with Crippen LogP contribution in [-0.2, 0) is 11.2 Å². The van der Waals surface area contributed by atoms with Gasteiger partial charge in [0.15, 0.2) is 0 Å². The van der Waals surface area contributed by atoms with E-state index < -0.39 is 0 Å². The van der Waals surface area contributed by atoms with Crippen LogP contribution in [0, 0.1) is 0 Å². The van der Waals surface area contributed by atoms with Crippen molar-refractivity contribution in [1.29, 1.82) is 0 Å². The summed E-state index contributed by atoms with van der Waals surface area (Å²) in [6.07, 6.45) is 4.02. The summed E-state index contributed by atoms with van der Waals surface area (Å²) < 4.78 is 0. The van der Waals surface area contributed by atoms with Crippen molar-refractivity contribution < 1.29 is 9.59 Å². The van der Waals surface area contributed by atoms with Crippen molar-refractivity contribution in [3.05, 3.63) is 40.9 Å². The van der Waals surface area contributed by atoms with E-state index in [-0.39, 0.29) is 24.0 Å².